The van der Waals surface area contributed by atoms with E-state index in [2.05, 4.69) is 11.0 Å². The Hall–Kier alpha value is -4.59. The monoisotopic (exact) mass is 701 g/mol. The van der Waals surface area contributed by atoms with E-state index in [9.17, 15) is 32.5 Å². The number of hydrogen-bond acceptors (Lipinski definition) is 9. The largest absolute Gasteiger partial charge is 0.481 e. The number of aromatic nitrogens is 1. The summed E-state index contributed by atoms with van der Waals surface area (Å²) in [5.74, 6) is -2.01. The molecule has 3 aromatic carbocycles. The van der Waals surface area contributed by atoms with Gasteiger partial charge in [0.25, 0.3) is 16.0 Å². The molecule has 0 fully saturated rings. The predicted octanol–water partition coefficient (Wildman–Crippen LogP) is 6.02. The highest BCUT2D eigenvalue weighted by Gasteiger charge is 2.32. The Morgan fingerprint density at radius 2 is 1.71 bits per heavy atom. The first-order valence-electron chi connectivity index (χ1n) is 16.4. The lowest BCUT2D eigenvalue weighted by Gasteiger charge is -2.37. The molecule has 2 N–H and O–H groups in total. The quantitative estimate of drug-likeness (QED) is 0.123. The molecule has 0 saturated carbocycles. The number of thiazole rings is 1. The fourth-order valence-corrected chi connectivity index (χ4v) is 8.70. The van der Waals surface area contributed by atoms with Crippen molar-refractivity contribution in [3.05, 3.63) is 81.7 Å². The van der Waals surface area contributed by atoms with Gasteiger partial charge in [-0.05, 0) is 73.9 Å². The van der Waals surface area contributed by atoms with Gasteiger partial charge in [0.2, 0.25) is 0 Å². The summed E-state index contributed by atoms with van der Waals surface area (Å²) < 4.78 is 39.5. The number of carbonyl (C=O) groups excluding carboxylic acids is 1. The molecule has 0 bridgehead atoms. The molecule has 0 spiro atoms. The summed E-state index contributed by atoms with van der Waals surface area (Å²) in [6.07, 6.45) is 3.48. The maximum atomic E-state index is 14.4. The van der Waals surface area contributed by atoms with E-state index in [1.807, 2.05) is 24.3 Å². The Kier molecular flexibility index (Phi) is 8.99. The normalized spacial score (nSPS) is 14.3. The number of benzene rings is 3. The third-order valence-corrected chi connectivity index (χ3v) is 11.1. The summed E-state index contributed by atoms with van der Waals surface area (Å²) in [5, 5.41) is 10.4. The van der Waals surface area contributed by atoms with Gasteiger partial charge in [-0.1, -0.05) is 30.3 Å². The molecule has 254 valence electrons. The second-order valence-electron chi connectivity index (χ2n) is 12.5. The molecule has 7 rings (SSSR count). The van der Waals surface area contributed by atoms with E-state index in [4.69, 9.17) is 9.40 Å². The Morgan fingerprint density at radius 1 is 0.980 bits per heavy atom. The minimum Gasteiger partial charge on any atom is -0.481 e. The summed E-state index contributed by atoms with van der Waals surface area (Å²) in [6, 6.07) is 16.7. The summed E-state index contributed by atoms with van der Waals surface area (Å²) in [7, 11) is -4.27. The van der Waals surface area contributed by atoms with E-state index in [1.165, 1.54) is 21.8 Å². The van der Waals surface area contributed by atoms with Crippen molar-refractivity contribution in [1.82, 2.24) is 9.88 Å². The smallest absolute Gasteiger partial charge is 0.347 e. The van der Waals surface area contributed by atoms with Crippen molar-refractivity contribution < 1.29 is 32.1 Å². The van der Waals surface area contributed by atoms with Crippen molar-refractivity contribution in [3.63, 3.8) is 0 Å². The van der Waals surface area contributed by atoms with Crippen molar-refractivity contribution in [2.24, 2.45) is 0 Å². The first-order chi connectivity index (χ1) is 23.6. The van der Waals surface area contributed by atoms with E-state index in [-0.39, 0.29) is 43.5 Å². The number of anilines is 1. The first-order valence-corrected chi connectivity index (χ1v) is 18.8. The van der Waals surface area contributed by atoms with E-state index >= 15 is 0 Å². The number of carboxylic acid groups (broad SMARTS) is 1. The zero-order valence-electron chi connectivity index (χ0n) is 26.7. The average molecular weight is 702 g/mol. The van der Waals surface area contributed by atoms with Gasteiger partial charge in [0.1, 0.15) is 16.2 Å². The highest BCUT2D eigenvalue weighted by molar-refractivity contribution is 7.85. The minimum absolute atomic E-state index is 0.0253. The molecule has 2 aliphatic heterocycles. The second kappa shape index (κ2) is 13.4. The van der Waals surface area contributed by atoms with E-state index < -0.39 is 33.4 Å². The molecule has 5 aromatic rings. The molecule has 4 heterocycles. The Labute approximate surface area is 286 Å². The Bertz CT molecular complexity index is 2240. The van der Waals surface area contributed by atoms with Gasteiger partial charge in [0, 0.05) is 60.4 Å². The fraction of sp³-hybridized carbons (Fsp3) is 0.333. The van der Waals surface area contributed by atoms with Gasteiger partial charge < -0.3 is 19.3 Å². The van der Waals surface area contributed by atoms with Crippen LogP contribution in [0.3, 0.4) is 0 Å². The topological polar surface area (TPSA) is 158 Å². The number of nitrogens with zero attached hydrogens (tertiary/aromatic N) is 3. The van der Waals surface area contributed by atoms with Crippen molar-refractivity contribution in [3.8, 4) is 21.7 Å². The number of aryl methyl sites for hydroxylation is 2. The van der Waals surface area contributed by atoms with Crippen molar-refractivity contribution >= 4 is 60.2 Å². The molecule has 0 unspecified atom stereocenters. The number of aliphatic carboxylic acids is 1. The van der Waals surface area contributed by atoms with Crippen LogP contribution in [0.5, 0.6) is 0 Å². The van der Waals surface area contributed by atoms with Crippen molar-refractivity contribution in [2.75, 3.05) is 36.8 Å². The molecule has 11 nitrogen and oxygen atoms in total. The highest BCUT2D eigenvalue weighted by Crippen LogP contribution is 2.46. The average Bonchev–Trinajstić information content (AvgIpc) is 3.51. The number of hydrogen-bond donors (Lipinski definition) is 2. The number of para-hydroxylation sites is 1. The molecule has 0 radical (unpaired) electrons. The predicted molar refractivity (Wildman–Crippen MR) is 189 cm³/mol. The third-order valence-electron chi connectivity index (χ3n) is 9.26. The standard InChI is InChI=1S/C36H35N3O8S2/c40-29(41)15-7-18-39(19-8-20-49(44,45)46)35(42)24-11-2-1-10-23(24)30-26-21-22-9-5-16-38-17-6-12-25(32(22)38)33(26)47-36(43)31(30)34-37-27-13-3-4-14-28(27)48-34/h1-4,10-11,13-14,21H,5-9,12,15-20H2,(H,40,41)(H,44,45,46). The summed E-state index contributed by atoms with van der Waals surface area (Å²) in [6.45, 7) is 1.92. The van der Waals surface area contributed by atoms with Gasteiger partial charge in [0.15, 0.2) is 0 Å². The molecular weight excluding hydrogens is 667 g/mol. The first kappa shape index (κ1) is 32.9. The van der Waals surface area contributed by atoms with Gasteiger partial charge >= 0.3 is 11.6 Å². The molecule has 0 atom stereocenters. The van der Waals surface area contributed by atoms with Crippen LogP contribution in [0, 0.1) is 0 Å². The maximum absolute atomic E-state index is 14.4. The van der Waals surface area contributed by atoms with Gasteiger partial charge in [-0.2, -0.15) is 8.42 Å². The maximum Gasteiger partial charge on any atom is 0.347 e. The van der Waals surface area contributed by atoms with Crippen LogP contribution in [0.15, 0.2) is 63.8 Å². The minimum atomic E-state index is -4.27. The van der Waals surface area contributed by atoms with Crippen molar-refractivity contribution in [1.29, 1.82) is 0 Å². The molecule has 49 heavy (non-hydrogen) atoms. The van der Waals surface area contributed by atoms with E-state index in [1.54, 1.807) is 24.3 Å². The molecule has 0 aliphatic carbocycles. The fourth-order valence-electron chi connectivity index (χ4n) is 7.20. The van der Waals surface area contributed by atoms with Crippen LogP contribution < -0.4 is 10.5 Å². The zero-order chi connectivity index (χ0) is 34.3. The van der Waals surface area contributed by atoms with Crippen LogP contribution in [-0.2, 0) is 27.8 Å². The van der Waals surface area contributed by atoms with Crippen LogP contribution in [0.25, 0.3) is 42.9 Å². The summed E-state index contributed by atoms with van der Waals surface area (Å²) in [4.78, 5) is 48.6. The van der Waals surface area contributed by atoms with Gasteiger partial charge in [0.05, 0.1) is 16.0 Å². The Morgan fingerprint density at radius 3 is 2.49 bits per heavy atom. The molecule has 2 aromatic heterocycles. The van der Waals surface area contributed by atoms with E-state index in [0.717, 1.165) is 65.6 Å². The Balaban J connectivity index is 1.45. The molecule has 0 saturated heterocycles. The third kappa shape index (κ3) is 6.57. The van der Waals surface area contributed by atoms with Crippen LogP contribution in [0.2, 0.25) is 0 Å². The number of carbonyl (C=O) groups is 2. The van der Waals surface area contributed by atoms with Gasteiger partial charge in [-0.3, -0.25) is 14.1 Å². The van der Waals surface area contributed by atoms with Crippen LogP contribution in [0.1, 0.15) is 53.6 Å². The SMILES string of the molecule is O=C(O)CCCN(CCCS(=O)(=O)O)C(=O)c1ccccc1-c1c(-c2nc3ccccc3s2)c(=O)oc2c3c4c(cc12)CCCN4CCC3. The number of carboxylic acids is 1. The lowest BCUT2D eigenvalue weighted by Crippen LogP contribution is -2.35. The molecule has 13 heteroatoms. The lowest BCUT2D eigenvalue weighted by atomic mass is 9.86. The summed E-state index contributed by atoms with van der Waals surface area (Å²) in [5.41, 5.74) is 5.55. The number of fused-ring (bicyclic) bond motifs is 3. The molecular formula is C36H35N3O8S2. The number of amides is 1. The van der Waals surface area contributed by atoms with Gasteiger partial charge in [-0.25, -0.2) is 9.78 Å². The summed E-state index contributed by atoms with van der Waals surface area (Å²) >= 11 is 1.37. The van der Waals surface area contributed by atoms with Crippen molar-refractivity contribution in [2.45, 2.75) is 44.9 Å². The highest BCUT2D eigenvalue weighted by atomic mass is 32.2. The molecule has 2 aliphatic rings. The van der Waals surface area contributed by atoms with Crippen LogP contribution in [0.4, 0.5) is 5.69 Å². The van der Waals surface area contributed by atoms with E-state index in [0.29, 0.717) is 21.7 Å². The van der Waals surface area contributed by atoms with Crippen LogP contribution in [-0.4, -0.2) is 71.8 Å². The second-order valence-corrected chi connectivity index (χ2v) is 15.1. The van der Waals surface area contributed by atoms with Crippen LogP contribution >= 0.6 is 11.3 Å². The number of rotatable bonds is 11. The lowest BCUT2D eigenvalue weighted by molar-refractivity contribution is -0.137. The zero-order valence-corrected chi connectivity index (χ0v) is 28.3. The van der Waals surface area contributed by atoms with Gasteiger partial charge in [-0.15, -0.1) is 11.3 Å². The molecule has 1 amide bonds.